The van der Waals surface area contributed by atoms with Crippen LogP contribution in [0.5, 0.6) is 0 Å². The van der Waals surface area contributed by atoms with Crippen LogP contribution in [0.3, 0.4) is 0 Å². The number of carbonyl (C=O) groups is 2. The summed E-state index contributed by atoms with van der Waals surface area (Å²) < 4.78 is 0. The van der Waals surface area contributed by atoms with Crippen molar-refractivity contribution >= 4 is 11.8 Å². The third-order valence-electron chi connectivity index (χ3n) is 2.90. The molecule has 0 amide bonds. The second-order valence-electron chi connectivity index (χ2n) is 4.82. The molecular formula is C12H24O13. The van der Waals surface area contributed by atoms with E-state index in [0.29, 0.717) is 0 Å². The van der Waals surface area contributed by atoms with Crippen LogP contribution >= 0.6 is 0 Å². The second kappa shape index (κ2) is 13.0. The topological polar surface area (TPSA) is 257 Å². The van der Waals surface area contributed by atoms with Crippen LogP contribution < -0.4 is 0 Å². The quantitative estimate of drug-likeness (QED) is 0.169. The molecule has 0 spiro atoms. The molecule has 0 heterocycles. The van der Waals surface area contributed by atoms with Crippen molar-refractivity contribution in [1.29, 1.82) is 0 Å². The monoisotopic (exact) mass is 376 g/mol. The van der Waals surface area contributed by atoms with Crippen molar-refractivity contribution in [2.75, 3.05) is 19.8 Å². The summed E-state index contributed by atoms with van der Waals surface area (Å²) in [7, 11) is 0. The smallest absolute Gasteiger partial charge is 0.335 e. The molecule has 0 aliphatic carbocycles. The van der Waals surface area contributed by atoms with Crippen LogP contribution in [0.4, 0.5) is 0 Å². The molecule has 25 heavy (non-hydrogen) atoms. The van der Waals surface area contributed by atoms with Gasteiger partial charge in [0, 0.05) is 0 Å². The molecule has 0 unspecified atom stereocenters. The van der Waals surface area contributed by atoms with E-state index in [-0.39, 0.29) is 0 Å². The highest BCUT2D eigenvalue weighted by Gasteiger charge is 2.33. The Morgan fingerprint density at radius 2 is 1.04 bits per heavy atom. The lowest BCUT2D eigenvalue weighted by molar-refractivity contribution is -0.164. The average molecular weight is 376 g/mol. The molecule has 0 aromatic carbocycles. The van der Waals surface area contributed by atoms with E-state index in [1.54, 1.807) is 0 Å². The Hall–Kier alpha value is -1.26. The SMILES string of the molecule is O=C(CO)[C@@H](O)[C@H](O)[C@H](O)CO.O=C(O)[C@H](O)[C@@H](O)[C@@H](O)[C@H](O)CO. The third kappa shape index (κ3) is 9.13. The molecule has 0 aliphatic rings. The summed E-state index contributed by atoms with van der Waals surface area (Å²) in [6, 6.07) is 0. The molecule has 13 heteroatoms. The van der Waals surface area contributed by atoms with Crippen LogP contribution in [0.25, 0.3) is 0 Å². The number of carboxylic acid groups (broad SMARTS) is 1. The van der Waals surface area contributed by atoms with Crippen molar-refractivity contribution in [2.24, 2.45) is 0 Å². The van der Waals surface area contributed by atoms with E-state index in [1.165, 1.54) is 0 Å². The summed E-state index contributed by atoms with van der Waals surface area (Å²) in [4.78, 5) is 20.6. The molecule has 150 valence electrons. The minimum absolute atomic E-state index is 0.767. The van der Waals surface area contributed by atoms with Crippen molar-refractivity contribution < 1.29 is 65.8 Å². The first-order valence-corrected chi connectivity index (χ1v) is 6.80. The number of ketones is 1. The third-order valence-corrected chi connectivity index (χ3v) is 2.90. The zero-order chi connectivity index (χ0) is 20.3. The molecule has 0 saturated carbocycles. The van der Waals surface area contributed by atoms with Crippen molar-refractivity contribution in [3.63, 3.8) is 0 Å². The molecule has 0 fully saturated rings. The van der Waals surface area contributed by atoms with Crippen LogP contribution in [-0.4, -0.2) is 130 Å². The van der Waals surface area contributed by atoms with Gasteiger partial charge in [0.15, 0.2) is 11.9 Å². The van der Waals surface area contributed by atoms with Gasteiger partial charge in [-0.25, -0.2) is 4.79 Å². The minimum Gasteiger partial charge on any atom is -0.479 e. The highest BCUT2D eigenvalue weighted by Crippen LogP contribution is 2.05. The largest absolute Gasteiger partial charge is 0.479 e. The van der Waals surface area contributed by atoms with Gasteiger partial charge in [-0.05, 0) is 0 Å². The summed E-state index contributed by atoms with van der Waals surface area (Å²) in [5.74, 6) is -2.73. The predicted octanol–water partition coefficient (Wildman–Crippen LogP) is -6.87. The summed E-state index contributed by atoms with van der Waals surface area (Å²) in [5.41, 5.74) is 0. The number of aliphatic hydroxyl groups is 10. The lowest BCUT2D eigenvalue weighted by Crippen LogP contribution is -2.48. The summed E-state index contributed by atoms with van der Waals surface area (Å²) >= 11 is 0. The lowest BCUT2D eigenvalue weighted by Gasteiger charge is -2.23. The van der Waals surface area contributed by atoms with Crippen LogP contribution in [0.2, 0.25) is 0 Å². The number of carbonyl (C=O) groups excluding carboxylic acids is 1. The van der Waals surface area contributed by atoms with Gasteiger partial charge in [-0.3, -0.25) is 4.79 Å². The normalized spacial score (nSPS) is 19.4. The first kappa shape index (κ1) is 26.0. The summed E-state index contributed by atoms with van der Waals surface area (Å²) in [6.45, 7) is -2.53. The molecule has 7 atom stereocenters. The number of hydrogen-bond donors (Lipinski definition) is 11. The predicted molar refractivity (Wildman–Crippen MR) is 75.9 cm³/mol. The highest BCUT2D eigenvalue weighted by molar-refractivity contribution is 5.84. The number of aliphatic hydroxyl groups excluding tert-OH is 10. The van der Waals surface area contributed by atoms with Gasteiger partial charge in [0.1, 0.15) is 43.2 Å². The van der Waals surface area contributed by atoms with Gasteiger partial charge in [0.2, 0.25) is 0 Å². The molecule has 11 N–H and O–H groups in total. The Morgan fingerprint density at radius 3 is 1.36 bits per heavy atom. The Morgan fingerprint density at radius 1 is 0.640 bits per heavy atom. The molecular weight excluding hydrogens is 352 g/mol. The maximum Gasteiger partial charge on any atom is 0.335 e. The minimum atomic E-state index is -2.20. The average Bonchev–Trinajstić information content (AvgIpc) is 2.62. The zero-order valence-electron chi connectivity index (χ0n) is 12.9. The van der Waals surface area contributed by atoms with Gasteiger partial charge in [0.05, 0.1) is 13.2 Å². The molecule has 13 nitrogen and oxygen atoms in total. The van der Waals surface area contributed by atoms with Crippen molar-refractivity contribution in [1.82, 2.24) is 0 Å². The van der Waals surface area contributed by atoms with E-state index in [9.17, 15) is 9.59 Å². The standard InChI is InChI=1S/C6H12O7.C6H12O6/c7-1-2(8)3(9)4(10)5(11)6(12)13;7-1-3(9)5(11)6(12)4(10)2-8/h2-5,7-11H,1H2,(H,12,13);3,5-9,11-12H,1-2H2/t2-,3+,4+,5-;3-,5-,6-/m11/s1. The van der Waals surface area contributed by atoms with Gasteiger partial charge >= 0.3 is 5.97 Å². The number of rotatable bonds is 10. The van der Waals surface area contributed by atoms with E-state index in [1.807, 2.05) is 0 Å². The van der Waals surface area contributed by atoms with Crippen molar-refractivity contribution in [3.8, 4) is 0 Å². The number of hydrogen-bond acceptors (Lipinski definition) is 12. The van der Waals surface area contributed by atoms with Crippen molar-refractivity contribution in [2.45, 2.75) is 42.7 Å². The first-order valence-electron chi connectivity index (χ1n) is 6.80. The molecule has 0 aromatic heterocycles. The van der Waals surface area contributed by atoms with E-state index >= 15 is 0 Å². The first-order chi connectivity index (χ1) is 11.5. The Balaban J connectivity index is 0. The molecule has 0 bridgehead atoms. The molecule has 0 aliphatic heterocycles. The van der Waals surface area contributed by atoms with Crippen LogP contribution in [0.1, 0.15) is 0 Å². The van der Waals surface area contributed by atoms with Gasteiger partial charge in [-0.2, -0.15) is 0 Å². The fourth-order valence-corrected chi connectivity index (χ4v) is 1.27. The fourth-order valence-electron chi connectivity index (χ4n) is 1.27. The molecule has 0 radical (unpaired) electrons. The van der Waals surface area contributed by atoms with Crippen molar-refractivity contribution in [3.05, 3.63) is 0 Å². The van der Waals surface area contributed by atoms with Gasteiger partial charge in [0.25, 0.3) is 0 Å². The summed E-state index contributed by atoms with van der Waals surface area (Å²) in [5, 5.41) is 94.9. The van der Waals surface area contributed by atoms with Crippen LogP contribution in [-0.2, 0) is 9.59 Å². The highest BCUT2D eigenvalue weighted by atomic mass is 16.4. The molecule has 0 rings (SSSR count). The fraction of sp³-hybridized carbons (Fsp3) is 0.833. The van der Waals surface area contributed by atoms with Gasteiger partial charge in [-0.15, -0.1) is 0 Å². The Labute approximate surface area is 141 Å². The number of aliphatic carboxylic acids is 1. The van der Waals surface area contributed by atoms with E-state index in [4.69, 9.17) is 56.2 Å². The lowest BCUT2D eigenvalue weighted by atomic mass is 10.0. The number of Topliss-reactive ketones (excluding diaryl/α,β-unsaturated/α-hetero) is 1. The van der Waals surface area contributed by atoms with E-state index < -0.39 is 74.3 Å². The Kier molecular flexibility index (Phi) is 13.5. The zero-order valence-corrected chi connectivity index (χ0v) is 12.9. The molecule has 0 aromatic rings. The van der Waals surface area contributed by atoms with E-state index in [0.717, 1.165) is 0 Å². The number of carboxylic acids is 1. The summed E-state index contributed by atoms with van der Waals surface area (Å²) in [6.07, 6.45) is -13.1. The van der Waals surface area contributed by atoms with Crippen LogP contribution in [0, 0.1) is 0 Å². The Bertz CT molecular complexity index is 389. The molecule has 0 saturated heterocycles. The van der Waals surface area contributed by atoms with Gasteiger partial charge < -0.3 is 56.2 Å². The van der Waals surface area contributed by atoms with Gasteiger partial charge in [-0.1, -0.05) is 0 Å². The van der Waals surface area contributed by atoms with Crippen LogP contribution in [0.15, 0.2) is 0 Å². The maximum atomic E-state index is 10.5. The van der Waals surface area contributed by atoms with E-state index in [2.05, 4.69) is 0 Å². The maximum absolute atomic E-state index is 10.5. The second-order valence-corrected chi connectivity index (χ2v) is 4.82.